The normalized spacial score (nSPS) is 25.5. The molecule has 2 atom stereocenters. The Balaban J connectivity index is 0.00000180. The van der Waals surface area contributed by atoms with Crippen LogP contribution in [0.2, 0.25) is 0 Å². The van der Waals surface area contributed by atoms with E-state index in [0.29, 0.717) is 26.1 Å². The van der Waals surface area contributed by atoms with Crippen LogP contribution in [-0.4, -0.2) is 48.9 Å². The van der Waals surface area contributed by atoms with Crippen LogP contribution in [0.25, 0.3) is 11.1 Å². The first-order valence-corrected chi connectivity index (χ1v) is 9.19. The minimum Gasteiger partial charge on any atom is -0.448 e. The van der Waals surface area contributed by atoms with Crippen molar-refractivity contribution in [2.24, 2.45) is 0 Å². The molecule has 2 saturated heterocycles. The molecule has 0 bridgehead atoms. The molecule has 27 heavy (non-hydrogen) atoms. The van der Waals surface area contributed by atoms with Gasteiger partial charge in [0.15, 0.2) is 0 Å². The van der Waals surface area contributed by atoms with Crippen LogP contribution in [0.1, 0.15) is 23.5 Å². The largest absolute Gasteiger partial charge is 0.448 e. The summed E-state index contributed by atoms with van der Waals surface area (Å²) in [4.78, 5) is 14.2. The average molecular weight is 389 g/mol. The van der Waals surface area contributed by atoms with Crippen molar-refractivity contribution in [3.05, 3.63) is 59.7 Å². The third kappa shape index (κ3) is 2.80. The first-order chi connectivity index (χ1) is 12.7. The van der Waals surface area contributed by atoms with Crippen molar-refractivity contribution >= 4 is 18.5 Å². The summed E-state index contributed by atoms with van der Waals surface area (Å²) in [6.07, 6.45) is -0.0189. The number of fused-ring (bicyclic) bond motifs is 4. The number of ether oxygens (including phenoxy) is 1. The molecule has 1 aliphatic carbocycles. The number of likely N-dealkylation sites (tertiary alicyclic amines) is 1. The van der Waals surface area contributed by atoms with Crippen LogP contribution in [0.4, 0.5) is 9.18 Å². The molecule has 0 unspecified atom stereocenters. The summed E-state index contributed by atoms with van der Waals surface area (Å²) in [5.74, 6) is 0.0331. The van der Waals surface area contributed by atoms with E-state index in [2.05, 4.69) is 29.6 Å². The smallest absolute Gasteiger partial charge is 0.410 e. The first-order valence-electron chi connectivity index (χ1n) is 9.19. The molecule has 2 aromatic carbocycles. The topological polar surface area (TPSA) is 41.6 Å². The Morgan fingerprint density at radius 1 is 1.15 bits per heavy atom. The van der Waals surface area contributed by atoms with Gasteiger partial charge in [-0.3, -0.25) is 0 Å². The Kier molecular flexibility index (Phi) is 4.60. The fourth-order valence-electron chi connectivity index (χ4n) is 4.72. The van der Waals surface area contributed by atoms with Gasteiger partial charge in [0.25, 0.3) is 0 Å². The van der Waals surface area contributed by atoms with Gasteiger partial charge in [0.1, 0.15) is 12.3 Å². The molecule has 6 heteroatoms. The summed E-state index contributed by atoms with van der Waals surface area (Å²) in [5, 5.41) is 3.05. The molecule has 1 N–H and O–H groups in total. The van der Waals surface area contributed by atoms with Crippen LogP contribution in [0, 0.1) is 0 Å². The van der Waals surface area contributed by atoms with E-state index in [4.69, 9.17) is 4.74 Å². The van der Waals surface area contributed by atoms with Gasteiger partial charge in [0, 0.05) is 32.0 Å². The van der Waals surface area contributed by atoms with Gasteiger partial charge >= 0.3 is 6.09 Å². The van der Waals surface area contributed by atoms with E-state index < -0.39 is 17.8 Å². The highest BCUT2D eigenvalue weighted by Gasteiger charge is 2.53. The number of rotatable bonds is 2. The zero-order chi connectivity index (χ0) is 17.7. The molecular formula is C21H22ClFN2O2. The van der Waals surface area contributed by atoms with E-state index >= 15 is 0 Å². The van der Waals surface area contributed by atoms with E-state index in [-0.39, 0.29) is 24.9 Å². The maximum atomic E-state index is 14.7. The van der Waals surface area contributed by atoms with Crippen molar-refractivity contribution in [1.29, 1.82) is 0 Å². The van der Waals surface area contributed by atoms with Crippen LogP contribution in [0.15, 0.2) is 48.5 Å². The summed E-state index contributed by atoms with van der Waals surface area (Å²) in [5.41, 5.74) is 3.47. The van der Waals surface area contributed by atoms with Crippen molar-refractivity contribution < 1.29 is 13.9 Å². The lowest BCUT2D eigenvalue weighted by atomic mass is 9.98. The minimum absolute atomic E-state index is 0. The first kappa shape index (κ1) is 18.3. The zero-order valence-electron chi connectivity index (χ0n) is 14.9. The van der Waals surface area contributed by atoms with Gasteiger partial charge in [-0.05, 0) is 22.3 Å². The van der Waals surface area contributed by atoms with Crippen LogP contribution >= 0.6 is 12.4 Å². The SMILES string of the molecule is Cl.O=C(OCC1c2ccccc2-c2ccccc21)N1CC[C@]2(F)CNC[C@H]12. The van der Waals surface area contributed by atoms with Crippen LogP contribution in [0.5, 0.6) is 0 Å². The zero-order valence-corrected chi connectivity index (χ0v) is 15.7. The standard InChI is InChI=1S/C21H21FN2O2.ClH/c22-21-9-10-24(19(21)11-23-13-21)20(25)26-12-18-16-7-3-1-5-14(16)15-6-2-4-8-17(15)18;/h1-8,18-19,23H,9-13H2;1H/t19-,21-;/m0./s1. The van der Waals surface area contributed by atoms with E-state index in [1.807, 2.05) is 24.3 Å². The van der Waals surface area contributed by atoms with Crippen molar-refractivity contribution in [3.8, 4) is 11.1 Å². The Hall–Kier alpha value is -2.11. The molecule has 2 fully saturated rings. The highest BCUT2D eigenvalue weighted by Crippen LogP contribution is 2.44. The number of alkyl halides is 1. The molecule has 0 saturated carbocycles. The predicted molar refractivity (Wildman–Crippen MR) is 104 cm³/mol. The van der Waals surface area contributed by atoms with E-state index in [1.165, 1.54) is 22.3 Å². The lowest BCUT2D eigenvalue weighted by molar-refractivity contribution is 0.0821. The number of amides is 1. The number of carbonyl (C=O) groups is 1. The monoisotopic (exact) mass is 388 g/mol. The van der Waals surface area contributed by atoms with Crippen LogP contribution < -0.4 is 5.32 Å². The third-order valence-corrected chi connectivity index (χ3v) is 6.07. The van der Waals surface area contributed by atoms with Crippen molar-refractivity contribution in [3.63, 3.8) is 0 Å². The number of nitrogens with zero attached hydrogens (tertiary/aromatic N) is 1. The number of hydrogen-bond acceptors (Lipinski definition) is 3. The molecule has 2 aliphatic heterocycles. The van der Waals surface area contributed by atoms with Gasteiger partial charge in [-0.15, -0.1) is 12.4 Å². The molecule has 0 spiro atoms. The lowest BCUT2D eigenvalue weighted by Crippen LogP contribution is -2.44. The average Bonchev–Trinajstić information content (AvgIpc) is 3.29. The molecule has 1 amide bonds. The summed E-state index contributed by atoms with van der Waals surface area (Å²) in [6.45, 7) is 1.54. The van der Waals surface area contributed by atoms with Crippen molar-refractivity contribution in [1.82, 2.24) is 10.2 Å². The molecule has 3 aliphatic rings. The Bertz CT molecular complexity index is 831. The van der Waals surface area contributed by atoms with E-state index in [9.17, 15) is 9.18 Å². The summed E-state index contributed by atoms with van der Waals surface area (Å²) >= 11 is 0. The number of nitrogens with one attached hydrogen (secondary N) is 1. The van der Waals surface area contributed by atoms with Crippen LogP contribution in [0.3, 0.4) is 0 Å². The van der Waals surface area contributed by atoms with Gasteiger partial charge in [0.05, 0.1) is 6.04 Å². The Morgan fingerprint density at radius 3 is 2.44 bits per heavy atom. The highest BCUT2D eigenvalue weighted by molar-refractivity contribution is 5.85. The molecule has 0 radical (unpaired) electrons. The second kappa shape index (κ2) is 6.80. The molecule has 0 aromatic heterocycles. The summed E-state index contributed by atoms with van der Waals surface area (Å²) in [6, 6.07) is 16.1. The van der Waals surface area contributed by atoms with Gasteiger partial charge in [-0.1, -0.05) is 48.5 Å². The Morgan fingerprint density at radius 2 is 1.78 bits per heavy atom. The van der Waals surface area contributed by atoms with Crippen molar-refractivity contribution in [2.45, 2.75) is 24.0 Å². The highest BCUT2D eigenvalue weighted by atomic mass is 35.5. The molecule has 2 aromatic rings. The van der Waals surface area contributed by atoms with Gasteiger partial charge in [-0.2, -0.15) is 0 Å². The van der Waals surface area contributed by atoms with E-state index in [1.54, 1.807) is 4.90 Å². The number of halogens is 2. The van der Waals surface area contributed by atoms with E-state index in [0.717, 1.165) is 0 Å². The molecular weight excluding hydrogens is 367 g/mol. The fraction of sp³-hybridized carbons (Fsp3) is 0.381. The number of carbonyl (C=O) groups excluding carboxylic acids is 1. The minimum atomic E-state index is -1.30. The third-order valence-electron chi connectivity index (χ3n) is 6.07. The maximum absolute atomic E-state index is 14.7. The fourth-order valence-corrected chi connectivity index (χ4v) is 4.72. The quantitative estimate of drug-likeness (QED) is 0.852. The molecule has 4 nitrogen and oxygen atoms in total. The lowest BCUT2D eigenvalue weighted by Gasteiger charge is -2.25. The second-order valence-electron chi connectivity index (χ2n) is 7.43. The number of benzene rings is 2. The predicted octanol–water partition coefficient (Wildman–Crippen LogP) is 3.74. The van der Waals surface area contributed by atoms with Gasteiger partial charge in [-0.25, -0.2) is 9.18 Å². The number of hydrogen-bond donors (Lipinski definition) is 1. The summed E-state index contributed by atoms with van der Waals surface area (Å²) < 4.78 is 20.4. The molecule has 2 heterocycles. The van der Waals surface area contributed by atoms with Crippen LogP contribution in [-0.2, 0) is 4.74 Å². The van der Waals surface area contributed by atoms with Crippen molar-refractivity contribution in [2.75, 3.05) is 26.2 Å². The second-order valence-corrected chi connectivity index (χ2v) is 7.43. The maximum Gasteiger partial charge on any atom is 0.410 e. The molecule has 5 rings (SSSR count). The Labute approximate surface area is 164 Å². The van der Waals surface area contributed by atoms with Gasteiger partial charge in [0.2, 0.25) is 0 Å². The van der Waals surface area contributed by atoms with Gasteiger partial charge < -0.3 is 15.0 Å². The molecule has 142 valence electrons. The summed E-state index contributed by atoms with van der Waals surface area (Å²) in [7, 11) is 0.